The Balaban J connectivity index is 2.09. The Labute approximate surface area is 127 Å². The lowest BCUT2D eigenvalue weighted by molar-refractivity contribution is 0.0950. The second kappa shape index (κ2) is 7.02. The molecule has 0 unspecified atom stereocenters. The molecule has 4 nitrogen and oxygen atoms in total. The van der Waals surface area contributed by atoms with Crippen LogP contribution in [0.3, 0.4) is 0 Å². The van der Waals surface area contributed by atoms with Gasteiger partial charge in [-0.2, -0.15) is 0 Å². The number of hydrogen-bond acceptors (Lipinski definition) is 4. The van der Waals surface area contributed by atoms with Gasteiger partial charge in [0.15, 0.2) is 0 Å². The van der Waals surface area contributed by atoms with Crippen LogP contribution in [0.5, 0.6) is 0 Å². The highest BCUT2D eigenvalue weighted by molar-refractivity contribution is 7.09. The minimum absolute atomic E-state index is 0.154. The lowest BCUT2D eigenvalue weighted by Gasteiger charge is -2.05. The predicted molar refractivity (Wildman–Crippen MR) is 83.2 cm³/mol. The number of amides is 1. The Morgan fingerprint density at radius 2 is 2.19 bits per heavy atom. The standard InChI is InChI=1S/C16H16N2O2S/c1-11-6-13(4-3-5-19)8-14(7-11)16(20)17-9-15-18-12(2)10-21-15/h6-8,10,19H,5,9H2,1-2H3,(H,17,20). The summed E-state index contributed by atoms with van der Waals surface area (Å²) in [7, 11) is 0. The van der Waals surface area contributed by atoms with Crippen LogP contribution in [-0.2, 0) is 6.54 Å². The lowest BCUT2D eigenvalue weighted by atomic mass is 10.1. The van der Waals surface area contributed by atoms with E-state index in [0.717, 1.165) is 21.8 Å². The molecule has 0 radical (unpaired) electrons. The summed E-state index contributed by atoms with van der Waals surface area (Å²) in [6.07, 6.45) is 0. The summed E-state index contributed by atoms with van der Waals surface area (Å²) < 4.78 is 0. The molecule has 21 heavy (non-hydrogen) atoms. The molecule has 2 rings (SSSR count). The van der Waals surface area contributed by atoms with E-state index in [2.05, 4.69) is 22.1 Å². The largest absolute Gasteiger partial charge is 0.384 e. The summed E-state index contributed by atoms with van der Waals surface area (Å²) in [6.45, 7) is 4.06. The zero-order valence-electron chi connectivity index (χ0n) is 11.9. The van der Waals surface area contributed by atoms with E-state index in [-0.39, 0.29) is 12.5 Å². The molecule has 2 aromatic rings. The number of carbonyl (C=O) groups is 1. The van der Waals surface area contributed by atoms with Crippen molar-refractivity contribution in [3.63, 3.8) is 0 Å². The predicted octanol–water partition coefficient (Wildman–Crippen LogP) is 2.03. The number of aromatic nitrogens is 1. The van der Waals surface area contributed by atoms with Crippen molar-refractivity contribution in [2.75, 3.05) is 6.61 Å². The number of aliphatic hydroxyl groups is 1. The molecule has 0 spiro atoms. The molecule has 1 aromatic carbocycles. The normalized spacial score (nSPS) is 9.86. The molecule has 2 N–H and O–H groups in total. The second-order valence-electron chi connectivity index (χ2n) is 4.61. The van der Waals surface area contributed by atoms with Gasteiger partial charge in [-0.25, -0.2) is 4.98 Å². The van der Waals surface area contributed by atoms with Crippen LogP contribution in [0.25, 0.3) is 0 Å². The van der Waals surface area contributed by atoms with Crippen LogP contribution in [0.4, 0.5) is 0 Å². The summed E-state index contributed by atoms with van der Waals surface area (Å²) >= 11 is 1.53. The maximum atomic E-state index is 12.2. The van der Waals surface area contributed by atoms with E-state index in [0.29, 0.717) is 12.1 Å². The van der Waals surface area contributed by atoms with E-state index >= 15 is 0 Å². The number of hydrogen-bond donors (Lipinski definition) is 2. The Morgan fingerprint density at radius 3 is 2.86 bits per heavy atom. The average molecular weight is 300 g/mol. The van der Waals surface area contributed by atoms with Gasteiger partial charge in [0.25, 0.3) is 5.91 Å². The highest BCUT2D eigenvalue weighted by atomic mass is 32.1. The smallest absolute Gasteiger partial charge is 0.251 e. The molecule has 0 fully saturated rings. The number of aryl methyl sites for hydroxylation is 2. The quantitative estimate of drug-likeness (QED) is 0.853. The molecule has 0 aliphatic rings. The number of nitrogens with zero attached hydrogens (tertiary/aromatic N) is 1. The van der Waals surface area contributed by atoms with Gasteiger partial charge < -0.3 is 10.4 Å². The minimum atomic E-state index is -0.196. The molecule has 0 aliphatic carbocycles. The van der Waals surface area contributed by atoms with Gasteiger partial charge in [-0.3, -0.25) is 4.79 Å². The summed E-state index contributed by atoms with van der Waals surface area (Å²) in [4.78, 5) is 16.5. The number of carbonyl (C=O) groups excluding carboxylic acids is 1. The first-order chi connectivity index (χ1) is 10.1. The first kappa shape index (κ1) is 15.2. The van der Waals surface area contributed by atoms with Gasteiger partial charge in [0.1, 0.15) is 11.6 Å². The summed E-state index contributed by atoms with van der Waals surface area (Å²) in [5, 5.41) is 14.4. The average Bonchev–Trinajstić information content (AvgIpc) is 2.87. The van der Waals surface area contributed by atoms with Crippen LogP contribution in [-0.4, -0.2) is 22.6 Å². The zero-order valence-corrected chi connectivity index (χ0v) is 12.8. The Kier molecular flexibility index (Phi) is 5.09. The Hall–Kier alpha value is -2.16. The fourth-order valence-electron chi connectivity index (χ4n) is 1.87. The van der Waals surface area contributed by atoms with E-state index in [1.807, 2.05) is 31.4 Å². The Morgan fingerprint density at radius 1 is 1.38 bits per heavy atom. The monoisotopic (exact) mass is 300 g/mol. The van der Waals surface area contributed by atoms with Crippen molar-refractivity contribution in [2.45, 2.75) is 20.4 Å². The second-order valence-corrected chi connectivity index (χ2v) is 5.56. The molecular formula is C16H16N2O2S. The molecule has 1 aromatic heterocycles. The Bertz CT molecular complexity index is 711. The first-order valence-corrected chi connectivity index (χ1v) is 7.37. The van der Waals surface area contributed by atoms with E-state index in [1.165, 1.54) is 11.3 Å². The molecule has 108 valence electrons. The molecule has 0 saturated heterocycles. The minimum Gasteiger partial charge on any atom is -0.384 e. The third kappa shape index (κ3) is 4.42. The lowest BCUT2D eigenvalue weighted by Crippen LogP contribution is -2.22. The van der Waals surface area contributed by atoms with Crippen LogP contribution in [0, 0.1) is 25.7 Å². The highest BCUT2D eigenvalue weighted by Gasteiger charge is 2.08. The third-order valence-electron chi connectivity index (χ3n) is 2.72. The van der Waals surface area contributed by atoms with Gasteiger partial charge in [0, 0.05) is 22.2 Å². The van der Waals surface area contributed by atoms with Crippen molar-refractivity contribution in [1.82, 2.24) is 10.3 Å². The highest BCUT2D eigenvalue weighted by Crippen LogP contribution is 2.11. The van der Waals surface area contributed by atoms with Crippen LogP contribution in [0.2, 0.25) is 0 Å². The topological polar surface area (TPSA) is 62.2 Å². The summed E-state index contributed by atoms with van der Waals surface area (Å²) in [6, 6.07) is 5.41. The maximum Gasteiger partial charge on any atom is 0.251 e. The number of nitrogens with one attached hydrogen (secondary N) is 1. The summed E-state index contributed by atoms with van der Waals surface area (Å²) in [5.74, 6) is 5.25. The number of benzene rings is 1. The van der Waals surface area contributed by atoms with E-state index in [4.69, 9.17) is 5.11 Å². The van der Waals surface area contributed by atoms with Gasteiger partial charge in [-0.15, -0.1) is 11.3 Å². The maximum absolute atomic E-state index is 12.2. The molecule has 1 heterocycles. The zero-order chi connectivity index (χ0) is 15.2. The number of aliphatic hydroxyl groups excluding tert-OH is 1. The van der Waals surface area contributed by atoms with Crippen molar-refractivity contribution in [3.8, 4) is 11.8 Å². The molecule has 1 amide bonds. The molecule has 5 heteroatoms. The van der Waals surface area contributed by atoms with Crippen molar-refractivity contribution < 1.29 is 9.90 Å². The SMILES string of the molecule is Cc1cc(C#CCO)cc(C(=O)NCc2nc(C)cs2)c1. The summed E-state index contributed by atoms with van der Waals surface area (Å²) in [5.41, 5.74) is 3.20. The number of rotatable bonds is 3. The van der Waals surface area contributed by atoms with Crippen molar-refractivity contribution >= 4 is 17.2 Å². The van der Waals surface area contributed by atoms with Crippen LogP contribution in [0.15, 0.2) is 23.6 Å². The number of thiazole rings is 1. The third-order valence-corrected chi connectivity index (χ3v) is 3.68. The molecular weight excluding hydrogens is 284 g/mol. The van der Waals surface area contributed by atoms with Crippen LogP contribution in [0.1, 0.15) is 32.2 Å². The van der Waals surface area contributed by atoms with Crippen LogP contribution >= 0.6 is 11.3 Å². The molecule has 0 aliphatic heterocycles. The first-order valence-electron chi connectivity index (χ1n) is 6.49. The van der Waals surface area contributed by atoms with Gasteiger partial charge in [0.05, 0.1) is 6.54 Å². The molecule has 0 bridgehead atoms. The van der Waals surface area contributed by atoms with E-state index < -0.39 is 0 Å². The van der Waals surface area contributed by atoms with Crippen LogP contribution < -0.4 is 5.32 Å². The molecule has 0 atom stereocenters. The van der Waals surface area contributed by atoms with Gasteiger partial charge >= 0.3 is 0 Å². The molecule has 0 saturated carbocycles. The van der Waals surface area contributed by atoms with Gasteiger partial charge in [-0.1, -0.05) is 11.8 Å². The van der Waals surface area contributed by atoms with Crippen molar-refractivity contribution in [3.05, 3.63) is 51.0 Å². The fourth-order valence-corrected chi connectivity index (χ4v) is 2.58. The fraction of sp³-hybridized carbons (Fsp3) is 0.250. The van der Waals surface area contributed by atoms with Crippen molar-refractivity contribution in [1.29, 1.82) is 0 Å². The van der Waals surface area contributed by atoms with E-state index in [9.17, 15) is 4.79 Å². The van der Waals surface area contributed by atoms with Crippen molar-refractivity contribution in [2.24, 2.45) is 0 Å². The van der Waals surface area contributed by atoms with Gasteiger partial charge in [-0.05, 0) is 37.6 Å². The van der Waals surface area contributed by atoms with E-state index in [1.54, 1.807) is 6.07 Å². The van der Waals surface area contributed by atoms with Gasteiger partial charge in [0.2, 0.25) is 0 Å².